The maximum atomic E-state index is 6.86. The van der Waals surface area contributed by atoms with Crippen LogP contribution in [-0.2, 0) is 0 Å². The third-order valence-corrected chi connectivity index (χ3v) is 10.5. The van der Waals surface area contributed by atoms with Crippen molar-refractivity contribution in [2.45, 2.75) is 19.8 Å². The molecule has 1 aliphatic rings. The van der Waals surface area contributed by atoms with Gasteiger partial charge in [0.15, 0.2) is 5.84 Å². The lowest BCUT2D eigenvalue weighted by Crippen LogP contribution is -2.11. The molecule has 0 amide bonds. The van der Waals surface area contributed by atoms with Crippen molar-refractivity contribution < 1.29 is 4.42 Å². The van der Waals surface area contributed by atoms with Gasteiger partial charge in [0.1, 0.15) is 11.2 Å². The minimum Gasteiger partial charge on any atom is -0.455 e. The van der Waals surface area contributed by atoms with Crippen molar-refractivity contribution >= 4 is 71.5 Å². The average Bonchev–Trinajstić information content (AvgIpc) is 3.58. The number of benzene rings is 8. The average molecular weight is 667 g/mol. The zero-order chi connectivity index (χ0) is 34.6. The topological polar surface area (TPSA) is 37.9 Å². The van der Waals surface area contributed by atoms with Crippen LogP contribution < -0.4 is 0 Å². The van der Waals surface area contributed by atoms with Crippen LogP contribution in [0.4, 0.5) is 0 Å². The van der Waals surface area contributed by atoms with E-state index >= 15 is 0 Å². The number of allylic oxidation sites excluding steroid dienone is 1. The van der Waals surface area contributed by atoms with Crippen molar-refractivity contribution in [3.63, 3.8) is 0 Å². The highest BCUT2D eigenvalue weighted by Crippen LogP contribution is 2.41. The van der Waals surface area contributed by atoms with Crippen LogP contribution in [-0.4, -0.2) is 11.5 Å². The number of amidine groups is 1. The maximum absolute atomic E-state index is 6.86. The summed E-state index contributed by atoms with van der Waals surface area (Å²) in [6.45, 7) is 2.22. The van der Waals surface area contributed by atoms with Crippen LogP contribution in [0.25, 0.3) is 71.1 Å². The van der Waals surface area contributed by atoms with Gasteiger partial charge in [0.05, 0.1) is 17.0 Å². The molecule has 0 unspecified atom stereocenters. The lowest BCUT2D eigenvalue weighted by molar-refractivity contribution is 0.669. The number of rotatable bonds is 4. The van der Waals surface area contributed by atoms with Gasteiger partial charge >= 0.3 is 0 Å². The van der Waals surface area contributed by atoms with E-state index in [0.29, 0.717) is 5.84 Å². The van der Waals surface area contributed by atoms with Gasteiger partial charge in [-0.3, -0.25) is 0 Å². The molecule has 0 bridgehead atoms. The van der Waals surface area contributed by atoms with Crippen molar-refractivity contribution in [2.24, 2.45) is 9.98 Å². The Morgan fingerprint density at radius 2 is 1.12 bits per heavy atom. The predicted octanol–water partition coefficient (Wildman–Crippen LogP) is 13.2. The summed E-state index contributed by atoms with van der Waals surface area (Å²) in [5.74, 6) is 0.664. The number of hydrogen-bond acceptors (Lipinski definition) is 3. The van der Waals surface area contributed by atoms with E-state index in [1.54, 1.807) is 0 Å². The Morgan fingerprint density at radius 3 is 1.94 bits per heavy atom. The molecule has 3 heteroatoms. The SMILES string of the molecule is C/C1=C(/c2ccc(-c3ccc4ccccc4c3)cc2)N=C(c2c3ccccc3cc3c2oc2ccc4ccccc4c23)N=C(c2ccccc2)CC1. The monoisotopic (exact) mass is 666 g/mol. The maximum Gasteiger partial charge on any atom is 0.164 e. The first-order valence-corrected chi connectivity index (χ1v) is 17.9. The first kappa shape index (κ1) is 30.3. The Bertz CT molecular complexity index is 2940. The third-order valence-electron chi connectivity index (χ3n) is 10.5. The molecule has 246 valence electrons. The summed E-state index contributed by atoms with van der Waals surface area (Å²) in [7, 11) is 0. The van der Waals surface area contributed by atoms with Crippen molar-refractivity contribution in [3.8, 4) is 11.1 Å². The molecule has 0 saturated heterocycles. The van der Waals surface area contributed by atoms with Crippen LogP contribution in [0.3, 0.4) is 0 Å². The Hall–Kier alpha value is -6.58. The Balaban J connectivity index is 1.21. The standard InChI is InChI=1S/C49H34N2O/c1-31-19-27-43(35-13-3-2-4-14-35)50-49(51-47(31)36-23-20-33(21-24-36)38-25-22-32-11-5-6-15-37(32)29-38)46-41-18-10-8-16-39(41)30-42-45-40-17-9-7-12-34(40)26-28-44(45)52-48(42)46/h2-18,20-26,28-30H,19,27H2,1H3/b47-31+,50-43?,51-49?. The molecule has 0 aliphatic carbocycles. The van der Waals surface area contributed by atoms with Gasteiger partial charge in [-0.2, -0.15) is 0 Å². The summed E-state index contributed by atoms with van der Waals surface area (Å²) >= 11 is 0. The second-order valence-corrected chi connectivity index (χ2v) is 13.7. The molecule has 1 aromatic heterocycles. The molecule has 2 heterocycles. The fourth-order valence-electron chi connectivity index (χ4n) is 7.85. The zero-order valence-corrected chi connectivity index (χ0v) is 28.8. The first-order chi connectivity index (χ1) is 25.7. The number of furan rings is 1. The highest BCUT2D eigenvalue weighted by atomic mass is 16.3. The molecule has 1 aliphatic heterocycles. The second-order valence-electron chi connectivity index (χ2n) is 13.7. The van der Waals surface area contributed by atoms with E-state index in [-0.39, 0.29) is 0 Å². The summed E-state index contributed by atoms with van der Waals surface area (Å²) in [4.78, 5) is 11.0. The Morgan fingerprint density at radius 1 is 0.462 bits per heavy atom. The van der Waals surface area contributed by atoms with Crippen molar-refractivity contribution in [3.05, 3.63) is 186 Å². The smallest absolute Gasteiger partial charge is 0.164 e. The van der Waals surface area contributed by atoms with Crippen LogP contribution in [0, 0.1) is 0 Å². The van der Waals surface area contributed by atoms with Gasteiger partial charge < -0.3 is 4.42 Å². The summed E-state index contributed by atoms with van der Waals surface area (Å²) in [5, 5.41) is 9.24. The lowest BCUT2D eigenvalue weighted by Gasteiger charge is -2.17. The molecule has 0 radical (unpaired) electrons. The van der Waals surface area contributed by atoms with Crippen molar-refractivity contribution in [2.75, 3.05) is 0 Å². The van der Waals surface area contributed by atoms with Crippen LogP contribution in [0.5, 0.6) is 0 Å². The molecule has 0 saturated carbocycles. The van der Waals surface area contributed by atoms with Gasteiger partial charge in [-0.1, -0.05) is 146 Å². The third kappa shape index (κ3) is 5.13. The van der Waals surface area contributed by atoms with Gasteiger partial charge in [-0.25, -0.2) is 9.98 Å². The first-order valence-electron chi connectivity index (χ1n) is 17.9. The van der Waals surface area contributed by atoms with Crippen LogP contribution in [0.1, 0.15) is 36.5 Å². The molecule has 10 rings (SSSR count). The summed E-state index contributed by atoms with van der Waals surface area (Å²) in [6, 6.07) is 58.1. The van der Waals surface area contributed by atoms with Crippen LogP contribution in [0.15, 0.2) is 184 Å². The summed E-state index contributed by atoms with van der Waals surface area (Å²) in [6.07, 6.45) is 1.65. The van der Waals surface area contributed by atoms with Crippen molar-refractivity contribution in [1.29, 1.82) is 0 Å². The van der Waals surface area contributed by atoms with Gasteiger partial charge in [0.25, 0.3) is 0 Å². The van der Waals surface area contributed by atoms with E-state index in [1.807, 2.05) is 0 Å². The second kappa shape index (κ2) is 12.3. The van der Waals surface area contributed by atoms with Crippen LogP contribution >= 0.6 is 0 Å². The van der Waals surface area contributed by atoms with E-state index < -0.39 is 0 Å². The quantitative estimate of drug-likeness (QED) is 0.184. The minimum atomic E-state index is 0.664. The molecule has 52 heavy (non-hydrogen) atoms. The molecule has 0 spiro atoms. The summed E-state index contributed by atoms with van der Waals surface area (Å²) < 4.78 is 6.86. The van der Waals surface area contributed by atoms with E-state index in [9.17, 15) is 0 Å². The number of fused-ring (bicyclic) bond motifs is 7. The van der Waals surface area contributed by atoms with E-state index in [4.69, 9.17) is 14.4 Å². The van der Waals surface area contributed by atoms with E-state index in [0.717, 1.165) is 73.7 Å². The molecular weight excluding hydrogens is 633 g/mol. The molecule has 0 atom stereocenters. The normalized spacial score (nSPS) is 15.2. The van der Waals surface area contributed by atoms with E-state index in [1.165, 1.54) is 38.2 Å². The number of hydrogen-bond donors (Lipinski definition) is 0. The lowest BCUT2D eigenvalue weighted by atomic mass is 9.95. The fourth-order valence-corrected chi connectivity index (χ4v) is 7.85. The van der Waals surface area contributed by atoms with Gasteiger partial charge in [-0.15, -0.1) is 0 Å². The van der Waals surface area contributed by atoms with Crippen LogP contribution in [0.2, 0.25) is 0 Å². The zero-order valence-electron chi connectivity index (χ0n) is 28.8. The minimum absolute atomic E-state index is 0.664. The molecule has 3 nitrogen and oxygen atoms in total. The molecular formula is C49H34N2O. The number of nitrogens with zero attached hydrogens (tertiary/aromatic N) is 2. The highest BCUT2D eigenvalue weighted by molar-refractivity contribution is 6.29. The molecule has 0 fully saturated rings. The number of aliphatic imine (C=N–C) groups is 2. The fraction of sp³-hybridized carbons (Fsp3) is 0.0612. The Kier molecular flexibility index (Phi) is 7.17. The van der Waals surface area contributed by atoms with E-state index in [2.05, 4.69) is 171 Å². The van der Waals surface area contributed by atoms with Gasteiger partial charge in [0, 0.05) is 16.3 Å². The molecule has 8 aromatic carbocycles. The Labute approximate surface area is 301 Å². The summed E-state index contributed by atoms with van der Waals surface area (Å²) in [5.41, 5.74) is 10.4. The molecule has 9 aromatic rings. The van der Waals surface area contributed by atoms with Crippen molar-refractivity contribution in [1.82, 2.24) is 0 Å². The molecule has 0 N–H and O–H groups in total. The predicted molar refractivity (Wildman–Crippen MR) is 219 cm³/mol. The van der Waals surface area contributed by atoms with Gasteiger partial charge in [0.2, 0.25) is 0 Å². The largest absolute Gasteiger partial charge is 0.455 e. The highest BCUT2D eigenvalue weighted by Gasteiger charge is 2.23. The van der Waals surface area contributed by atoms with Gasteiger partial charge in [-0.05, 0) is 92.5 Å².